The second-order valence-electron chi connectivity index (χ2n) is 7.36. The van der Waals surface area contributed by atoms with Crippen LogP contribution in [0.3, 0.4) is 0 Å². The highest BCUT2D eigenvalue weighted by Gasteiger charge is 2.12. The van der Waals surface area contributed by atoms with Crippen molar-refractivity contribution in [3.63, 3.8) is 0 Å². The van der Waals surface area contributed by atoms with Crippen LogP contribution in [0, 0.1) is 6.92 Å². The number of anilines is 3. The van der Waals surface area contributed by atoms with Crippen molar-refractivity contribution in [3.05, 3.63) is 90.1 Å². The molecule has 4 rings (SSSR count). The Balaban J connectivity index is 1.51. The number of methoxy groups -OCH3 is 2. The topological polar surface area (TPSA) is 85.4 Å². The number of amides is 1. The molecular weight excluding hydrogens is 416 g/mol. The number of aryl methyl sites for hydroxylation is 1. The molecule has 0 fully saturated rings. The number of aromatic nitrogens is 2. The van der Waals surface area contributed by atoms with Crippen molar-refractivity contribution in [3.8, 4) is 22.9 Å². The summed E-state index contributed by atoms with van der Waals surface area (Å²) in [6.07, 6.45) is 1.71. The fraction of sp³-hybridized carbons (Fsp3) is 0.115. The van der Waals surface area contributed by atoms with Crippen LogP contribution in [-0.4, -0.2) is 30.1 Å². The van der Waals surface area contributed by atoms with Gasteiger partial charge in [-0.2, -0.15) is 0 Å². The van der Waals surface area contributed by atoms with Crippen LogP contribution in [0.1, 0.15) is 15.9 Å². The predicted molar refractivity (Wildman–Crippen MR) is 129 cm³/mol. The quantitative estimate of drug-likeness (QED) is 0.397. The van der Waals surface area contributed by atoms with Crippen molar-refractivity contribution >= 4 is 23.1 Å². The molecular formula is C26H24N4O3. The summed E-state index contributed by atoms with van der Waals surface area (Å²) in [5.41, 5.74) is 3.89. The molecule has 33 heavy (non-hydrogen) atoms. The van der Waals surface area contributed by atoms with Gasteiger partial charge >= 0.3 is 0 Å². The van der Waals surface area contributed by atoms with Crippen LogP contribution >= 0.6 is 0 Å². The maximum absolute atomic E-state index is 12.9. The molecule has 1 amide bonds. The summed E-state index contributed by atoms with van der Waals surface area (Å²) in [7, 11) is 3.12. The van der Waals surface area contributed by atoms with Crippen molar-refractivity contribution < 1.29 is 14.3 Å². The molecule has 7 nitrogen and oxygen atoms in total. The van der Waals surface area contributed by atoms with E-state index in [-0.39, 0.29) is 5.91 Å². The van der Waals surface area contributed by atoms with Gasteiger partial charge in [-0.3, -0.25) is 4.79 Å². The fourth-order valence-electron chi connectivity index (χ4n) is 3.25. The highest BCUT2D eigenvalue weighted by atomic mass is 16.5. The molecule has 0 aliphatic carbocycles. The summed E-state index contributed by atoms with van der Waals surface area (Å²) in [6.45, 7) is 2.04. The lowest BCUT2D eigenvalue weighted by molar-refractivity contribution is 0.102. The summed E-state index contributed by atoms with van der Waals surface area (Å²) in [6, 6.07) is 22.2. The van der Waals surface area contributed by atoms with E-state index in [2.05, 4.69) is 20.6 Å². The first kappa shape index (κ1) is 21.8. The van der Waals surface area contributed by atoms with Gasteiger partial charge in [-0.1, -0.05) is 35.9 Å². The van der Waals surface area contributed by atoms with Crippen LogP contribution in [0.2, 0.25) is 0 Å². The maximum Gasteiger partial charge on any atom is 0.255 e. The molecule has 0 radical (unpaired) electrons. The normalized spacial score (nSPS) is 10.4. The lowest BCUT2D eigenvalue weighted by atomic mass is 10.1. The number of nitrogens with zero attached hydrogens (tertiary/aromatic N) is 2. The second-order valence-corrected chi connectivity index (χ2v) is 7.36. The SMILES string of the molecule is COc1ccc(NC(=O)c2cccc(Nc3ccnc(-c4ccc(C)cc4)n3)c2)c(OC)c1. The van der Waals surface area contributed by atoms with E-state index in [1.807, 2.05) is 43.3 Å². The monoisotopic (exact) mass is 440 g/mol. The van der Waals surface area contributed by atoms with Gasteiger partial charge in [0.15, 0.2) is 5.82 Å². The third-order valence-electron chi connectivity index (χ3n) is 5.02. The van der Waals surface area contributed by atoms with Gasteiger partial charge in [0, 0.05) is 29.1 Å². The van der Waals surface area contributed by atoms with Crippen molar-refractivity contribution in [2.24, 2.45) is 0 Å². The Kier molecular flexibility index (Phi) is 6.50. The van der Waals surface area contributed by atoms with Crippen molar-refractivity contribution in [1.82, 2.24) is 9.97 Å². The zero-order valence-electron chi connectivity index (χ0n) is 18.6. The highest BCUT2D eigenvalue weighted by Crippen LogP contribution is 2.29. The van der Waals surface area contributed by atoms with Crippen LogP contribution < -0.4 is 20.1 Å². The van der Waals surface area contributed by atoms with Crippen molar-refractivity contribution in [1.29, 1.82) is 0 Å². The molecule has 7 heteroatoms. The first-order chi connectivity index (χ1) is 16.1. The highest BCUT2D eigenvalue weighted by molar-refractivity contribution is 6.05. The maximum atomic E-state index is 12.9. The summed E-state index contributed by atoms with van der Waals surface area (Å²) < 4.78 is 10.6. The predicted octanol–water partition coefficient (Wildman–Crippen LogP) is 5.47. The van der Waals surface area contributed by atoms with E-state index < -0.39 is 0 Å². The molecule has 0 aliphatic rings. The summed E-state index contributed by atoms with van der Waals surface area (Å²) in [5, 5.41) is 6.13. The van der Waals surface area contributed by atoms with Gasteiger partial charge in [0.05, 0.1) is 19.9 Å². The van der Waals surface area contributed by atoms with E-state index in [9.17, 15) is 4.79 Å². The Morgan fingerprint density at radius 1 is 0.909 bits per heavy atom. The molecule has 2 N–H and O–H groups in total. The Morgan fingerprint density at radius 3 is 2.48 bits per heavy atom. The zero-order valence-corrected chi connectivity index (χ0v) is 18.6. The number of hydrogen-bond donors (Lipinski definition) is 2. The van der Waals surface area contributed by atoms with Gasteiger partial charge in [0.2, 0.25) is 0 Å². The second kappa shape index (κ2) is 9.82. The molecule has 3 aromatic carbocycles. The Bertz CT molecular complexity index is 1270. The smallest absolute Gasteiger partial charge is 0.255 e. The van der Waals surface area contributed by atoms with E-state index in [0.717, 1.165) is 11.3 Å². The van der Waals surface area contributed by atoms with Crippen LogP contribution in [0.4, 0.5) is 17.2 Å². The molecule has 1 aromatic heterocycles. The van der Waals surface area contributed by atoms with Crippen LogP contribution in [0.5, 0.6) is 11.5 Å². The Labute approximate surface area is 192 Å². The molecule has 0 spiro atoms. The average Bonchev–Trinajstić information content (AvgIpc) is 2.85. The number of carbonyl (C=O) groups excluding carboxylic acids is 1. The van der Waals surface area contributed by atoms with E-state index >= 15 is 0 Å². The minimum atomic E-state index is -0.259. The fourth-order valence-corrected chi connectivity index (χ4v) is 3.25. The van der Waals surface area contributed by atoms with Gasteiger partial charge in [0.1, 0.15) is 17.3 Å². The van der Waals surface area contributed by atoms with Gasteiger partial charge in [0.25, 0.3) is 5.91 Å². The van der Waals surface area contributed by atoms with Crippen molar-refractivity contribution in [2.45, 2.75) is 6.92 Å². The summed E-state index contributed by atoms with van der Waals surface area (Å²) >= 11 is 0. The number of carbonyl (C=O) groups is 1. The van der Waals surface area contributed by atoms with E-state index in [1.54, 1.807) is 56.8 Å². The molecule has 1 heterocycles. The molecule has 166 valence electrons. The largest absolute Gasteiger partial charge is 0.497 e. The third-order valence-corrected chi connectivity index (χ3v) is 5.02. The molecule has 0 unspecified atom stereocenters. The molecule has 0 saturated heterocycles. The first-order valence-electron chi connectivity index (χ1n) is 10.4. The Morgan fingerprint density at radius 2 is 1.73 bits per heavy atom. The first-order valence-corrected chi connectivity index (χ1v) is 10.4. The zero-order chi connectivity index (χ0) is 23.2. The standard InChI is InChI=1S/C26H24N4O3/c1-17-7-9-18(10-8-17)25-27-14-13-24(30-25)28-20-6-4-5-19(15-20)26(31)29-22-12-11-21(32-2)16-23(22)33-3/h4-16H,1-3H3,(H,29,31)(H,27,28,30). The Hall–Kier alpha value is -4.39. The molecule has 0 aliphatic heterocycles. The minimum Gasteiger partial charge on any atom is -0.497 e. The lowest BCUT2D eigenvalue weighted by Crippen LogP contribution is -2.13. The number of rotatable bonds is 7. The van der Waals surface area contributed by atoms with Crippen molar-refractivity contribution in [2.75, 3.05) is 24.9 Å². The lowest BCUT2D eigenvalue weighted by Gasteiger charge is -2.12. The molecule has 0 atom stereocenters. The average molecular weight is 441 g/mol. The van der Waals surface area contributed by atoms with E-state index in [4.69, 9.17) is 9.47 Å². The van der Waals surface area contributed by atoms with Gasteiger partial charge in [-0.25, -0.2) is 9.97 Å². The van der Waals surface area contributed by atoms with Crippen LogP contribution in [-0.2, 0) is 0 Å². The van der Waals surface area contributed by atoms with E-state index in [1.165, 1.54) is 5.56 Å². The summed E-state index contributed by atoms with van der Waals surface area (Å²) in [4.78, 5) is 21.8. The number of nitrogens with one attached hydrogen (secondary N) is 2. The summed E-state index contributed by atoms with van der Waals surface area (Å²) in [5.74, 6) is 2.16. The van der Waals surface area contributed by atoms with Crippen LogP contribution in [0.25, 0.3) is 11.4 Å². The van der Waals surface area contributed by atoms with E-state index in [0.29, 0.717) is 34.4 Å². The third kappa shape index (κ3) is 5.27. The van der Waals surface area contributed by atoms with Gasteiger partial charge in [-0.15, -0.1) is 0 Å². The van der Waals surface area contributed by atoms with Gasteiger partial charge in [-0.05, 0) is 43.3 Å². The number of ether oxygens (including phenoxy) is 2. The number of hydrogen-bond acceptors (Lipinski definition) is 6. The van der Waals surface area contributed by atoms with Gasteiger partial charge < -0.3 is 20.1 Å². The van der Waals surface area contributed by atoms with Crippen LogP contribution in [0.15, 0.2) is 79.0 Å². The molecule has 4 aromatic rings. The molecule has 0 saturated carbocycles. The minimum absolute atomic E-state index is 0.259. The number of benzene rings is 3. The molecule has 0 bridgehead atoms.